The third-order valence-corrected chi connectivity index (χ3v) is 6.63. The van der Waals surface area contributed by atoms with E-state index in [2.05, 4.69) is 5.32 Å². The van der Waals surface area contributed by atoms with Crippen LogP contribution in [0.4, 0.5) is 4.39 Å². The second-order valence-electron chi connectivity index (χ2n) is 9.46. The molecule has 0 aliphatic carbocycles. The topological polar surface area (TPSA) is 78.9 Å². The fraction of sp³-hybridized carbons (Fsp3) is 0.355. The molecule has 0 saturated heterocycles. The number of halogens is 1. The standard InChI is InChI=1S/C31H37FN2O4/c1-4-18-34(31(37)28(22(3)5-2)33-30(36)25-14-9-15-26(32)20-25)19-17-24-13-10-16-27(29(24)35)38-21-23-11-7-6-8-12-23/h6-16,20,22,28,35H,4-5,17-19,21H2,1-3H3,(H,33,36)/t22?,28-/m0/s1. The van der Waals surface area contributed by atoms with Gasteiger partial charge in [-0.25, -0.2) is 4.39 Å². The maximum atomic E-state index is 13.6. The number of para-hydroxylation sites is 1. The Labute approximate surface area is 224 Å². The first-order valence-corrected chi connectivity index (χ1v) is 13.2. The number of hydrogen-bond acceptors (Lipinski definition) is 4. The van der Waals surface area contributed by atoms with Gasteiger partial charge < -0.3 is 20.1 Å². The zero-order chi connectivity index (χ0) is 27.5. The number of amides is 2. The highest BCUT2D eigenvalue weighted by Gasteiger charge is 2.30. The van der Waals surface area contributed by atoms with Crippen molar-refractivity contribution in [3.63, 3.8) is 0 Å². The van der Waals surface area contributed by atoms with E-state index in [0.717, 1.165) is 18.1 Å². The van der Waals surface area contributed by atoms with Crippen LogP contribution >= 0.6 is 0 Å². The zero-order valence-corrected chi connectivity index (χ0v) is 22.3. The Morgan fingerprint density at radius 3 is 2.42 bits per heavy atom. The monoisotopic (exact) mass is 520 g/mol. The van der Waals surface area contributed by atoms with Crippen molar-refractivity contribution in [2.45, 2.75) is 52.7 Å². The number of nitrogens with zero attached hydrogens (tertiary/aromatic N) is 1. The molecular formula is C31H37FN2O4. The first-order valence-electron chi connectivity index (χ1n) is 13.2. The smallest absolute Gasteiger partial charge is 0.252 e. The molecule has 202 valence electrons. The highest BCUT2D eigenvalue weighted by molar-refractivity contribution is 5.97. The summed E-state index contributed by atoms with van der Waals surface area (Å²) in [4.78, 5) is 28.2. The Kier molecular flexibility index (Phi) is 10.7. The van der Waals surface area contributed by atoms with E-state index in [1.807, 2.05) is 63.2 Å². The van der Waals surface area contributed by atoms with Crippen LogP contribution in [-0.2, 0) is 17.8 Å². The number of carbonyl (C=O) groups excluding carboxylic acids is 2. The van der Waals surface area contributed by atoms with E-state index in [-0.39, 0.29) is 23.1 Å². The van der Waals surface area contributed by atoms with E-state index in [1.165, 1.54) is 18.2 Å². The second kappa shape index (κ2) is 14.2. The molecule has 7 heteroatoms. The first kappa shape index (κ1) is 28.7. The van der Waals surface area contributed by atoms with E-state index in [9.17, 15) is 19.1 Å². The van der Waals surface area contributed by atoms with Crippen molar-refractivity contribution in [3.05, 3.63) is 95.3 Å². The average Bonchev–Trinajstić information content (AvgIpc) is 2.93. The molecule has 0 saturated carbocycles. The van der Waals surface area contributed by atoms with Gasteiger partial charge in [-0.1, -0.05) is 75.7 Å². The number of aromatic hydroxyl groups is 1. The molecule has 3 aromatic carbocycles. The van der Waals surface area contributed by atoms with Gasteiger partial charge in [0, 0.05) is 18.7 Å². The normalized spacial score (nSPS) is 12.4. The zero-order valence-electron chi connectivity index (χ0n) is 22.3. The Morgan fingerprint density at radius 2 is 1.74 bits per heavy atom. The lowest BCUT2D eigenvalue weighted by Gasteiger charge is -2.31. The van der Waals surface area contributed by atoms with Gasteiger partial charge in [-0.2, -0.15) is 0 Å². The van der Waals surface area contributed by atoms with Gasteiger partial charge in [-0.3, -0.25) is 9.59 Å². The predicted molar refractivity (Wildman–Crippen MR) is 147 cm³/mol. The number of benzene rings is 3. The molecule has 6 nitrogen and oxygen atoms in total. The summed E-state index contributed by atoms with van der Waals surface area (Å²) in [5.41, 5.74) is 1.84. The summed E-state index contributed by atoms with van der Waals surface area (Å²) >= 11 is 0. The van der Waals surface area contributed by atoms with Crippen LogP contribution in [0.5, 0.6) is 11.5 Å². The summed E-state index contributed by atoms with van der Waals surface area (Å²) in [7, 11) is 0. The number of hydrogen-bond donors (Lipinski definition) is 2. The van der Waals surface area contributed by atoms with Crippen molar-refractivity contribution in [2.75, 3.05) is 13.1 Å². The Bertz CT molecular complexity index is 1200. The Balaban J connectivity index is 1.71. The molecule has 38 heavy (non-hydrogen) atoms. The SMILES string of the molecule is CCCN(CCc1cccc(OCc2ccccc2)c1O)C(=O)[C@@H](NC(=O)c1cccc(F)c1)C(C)CC. The Hall–Kier alpha value is -3.87. The number of phenolic OH excluding ortho intramolecular Hbond substituents is 1. The average molecular weight is 521 g/mol. The van der Waals surface area contributed by atoms with E-state index >= 15 is 0 Å². The molecular weight excluding hydrogens is 483 g/mol. The van der Waals surface area contributed by atoms with Crippen molar-refractivity contribution in [3.8, 4) is 11.5 Å². The lowest BCUT2D eigenvalue weighted by atomic mass is 9.96. The summed E-state index contributed by atoms with van der Waals surface area (Å²) in [5, 5.41) is 13.7. The fourth-order valence-electron chi connectivity index (χ4n) is 4.21. The quantitative estimate of drug-likeness (QED) is 0.301. The molecule has 0 radical (unpaired) electrons. The number of ether oxygens (including phenoxy) is 1. The van der Waals surface area contributed by atoms with Crippen LogP contribution in [0.1, 0.15) is 55.1 Å². The number of carbonyl (C=O) groups is 2. The van der Waals surface area contributed by atoms with Gasteiger partial charge in [0.15, 0.2) is 11.5 Å². The number of nitrogens with one attached hydrogen (secondary N) is 1. The van der Waals surface area contributed by atoms with Gasteiger partial charge in [-0.05, 0) is 54.2 Å². The molecule has 0 aliphatic heterocycles. The highest BCUT2D eigenvalue weighted by atomic mass is 19.1. The number of phenols is 1. The summed E-state index contributed by atoms with van der Waals surface area (Å²) in [5.74, 6) is -0.860. The minimum atomic E-state index is -0.753. The lowest BCUT2D eigenvalue weighted by Crippen LogP contribution is -2.52. The van der Waals surface area contributed by atoms with Crippen LogP contribution in [0.25, 0.3) is 0 Å². The van der Waals surface area contributed by atoms with Crippen LogP contribution < -0.4 is 10.1 Å². The van der Waals surface area contributed by atoms with Crippen LogP contribution in [0, 0.1) is 11.7 Å². The van der Waals surface area contributed by atoms with Gasteiger partial charge in [0.05, 0.1) is 0 Å². The van der Waals surface area contributed by atoms with Crippen molar-refractivity contribution >= 4 is 11.8 Å². The number of rotatable bonds is 13. The molecule has 2 atom stereocenters. The third-order valence-electron chi connectivity index (χ3n) is 6.63. The van der Waals surface area contributed by atoms with Crippen molar-refractivity contribution in [1.29, 1.82) is 0 Å². The van der Waals surface area contributed by atoms with Crippen molar-refractivity contribution in [2.24, 2.45) is 5.92 Å². The van der Waals surface area contributed by atoms with Crippen molar-refractivity contribution < 1.29 is 23.8 Å². The maximum Gasteiger partial charge on any atom is 0.252 e. The lowest BCUT2D eigenvalue weighted by molar-refractivity contribution is -0.134. The molecule has 0 spiro atoms. The van der Waals surface area contributed by atoms with E-state index in [0.29, 0.717) is 43.9 Å². The molecule has 0 fully saturated rings. The fourth-order valence-corrected chi connectivity index (χ4v) is 4.21. The largest absolute Gasteiger partial charge is 0.504 e. The molecule has 0 heterocycles. The van der Waals surface area contributed by atoms with E-state index < -0.39 is 17.8 Å². The molecule has 3 aromatic rings. The Morgan fingerprint density at radius 1 is 1.00 bits per heavy atom. The van der Waals surface area contributed by atoms with Gasteiger partial charge in [-0.15, -0.1) is 0 Å². The van der Waals surface area contributed by atoms with E-state index in [4.69, 9.17) is 4.74 Å². The molecule has 0 aliphatic rings. The maximum absolute atomic E-state index is 13.6. The van der Waals surface area contributed by atoms with Gasteiger partial charge in [0.25, 0.3) is 5.91 Å². The van der Waals surface area contributed by atoms with Gasteiger partial charge >= 0.3 is 0 Å². The molecule has 0 bridgehead atoms. The van der Waals surface area contributed by atoms with Crippen LogP contribution in [-0.4, -0.2) is 41.0 Å². The summed E-state index contributed by atoms with van der Waals surface area (Å²) in [6.45, 7) is 7.07. The first-order chi connectivity index (χ1) is 18.3. The highest BCUT2D eigenvalue weighted by Crippen LogP contribution is 2.31. The van der Waals surface area contributed by atoms with Crippen molar-refractivity contribution in [1.82, 2.24) is 10.2 Å². The van der Waals surface area contributed by atoms with Crippen LogP contribution in [0.2, 0.25) is 0 Å². The minimum absolute atomic E-state index is 0.0604. The molecule has 2 N–H and O–H groups in total. The summed E-state index contributed by atoms with van der Waals surface area (Å²) in [6, 6.07) is 19.7. The van der Waals surface area contributed by atoms with E-state index in [1.54, 1.807) is 11.0 Å². The molecule has 2 amide bonds. The third kappa shape index (κ3) is 7.81. The molecule has 3 rings (SSSR count). The molecule has 1 unspecified atom stereocenters. The summed E-state index contributed by atoms with van der Waals surface area (Å²) in [6.07, 6.45) is 1.84. The predicted octanol–water partition coefficient (Wildman–Crippen LogP) is 5.74. The van der Waals surface area contributed by atoms with Crippen LogP contribution in [0.15, 0.2) is 72.8 Å². The van der Waals surface area contributed by atoms with Gasteiger partial charge in [0.2, 0.25) is 5.91 Å². The summed E-state index contributed by atoms with van der Waals surface area (Å²) < 4.78 is 19.5. The van der Waals surface area contributed by atoms with Gasteiger partial charge in [0.1, 0.15) is 18.5 Å². The molecule has 0 aromatic heterocycles. The minimum Gasteiger partial charge on any atom is -0.504 e. The second-order valence-corrected chi connectivity index (χ2v) is 9.46. The van der Waals surface area contributed by atoms with Crippen LogP contribution in [0.3, 0.4) is 0 Å².